The monoisotopic (exact) mass is 257 g/mol. The summed E-state index contributed by atoms with van der Waals surface area (Å²) in [5.41, 5.74) is 7.84. The Morgan fingerprint density at radius 1 is 1.47 bits per heavy atom. The number of methoxy groups -OCH3 is 1. The number of benzene rings is 1. The van der Waals surface area contributed by atoms with Gasteiger partial charge >= 0.3 is 0 Å². The van der Waals surface area contributed by atoms with Gasteiger partial charge in [-0.05, 0) is 49.9 Å². The second kappa shape index (κ2) is 5.71. The number of hydrogen-bond donors (Lipinski definition) is 2. The fourth-order valence-corrected chi connectivity index (χ4v) is 2.25. The van der Waals surface area contributed by atoms with Gasteiger partial charge < -0.3 is 15.6 Å². The van der Waals surface area contributed by atoms with Crippen molar-refractivity contribution in [2.45, 2.75) is 32.2 Å². The first-order chi connectivity index (χ1) is 7.92. The van der Waals surface area contributed by atoms with Gasteiger partial charge in [-0.25, -0.2) is 0 Å². The lowest BCUT2D eigenvalue weighted by Crippen LogP contribution is -2.34. The van der Waals surface area contributed by atoms with Gasteiger partial charge in [-0.15, -0.1) is 0 Å². The Labute approximate surface area is 108 Å². The Bertz CT molecular complexity index is 391. The molecule has 0 aromatic heterocycles. The van der Waals surface area contributed by atoms with Gasteiger partial charge in [-0.2, -0.15) is 0 Å². The zero-order valence-electron chi connectivity index (χ0n) is 10.6. The molecule has 3 N–H and O–H groups in total. The standard InChI is InChI=1S/C13H20ClNO2/c1-9-7-12(17-3)11(14)8-10(9)13(2,15)5-4-6-16/h7-8,16H,4-6,15H2,1-3H3. The molecule has 1 atom stereocenters. The van der Waals surface area contributed by atoms with E-state index in [9.17, 15) is 0 Å². The van der Waals surface area contributed by atoms with Crippen LogP contribution in [-0.4, -0.2) is 18.8 Å². The van der Waals surface area contributed by atoms with Crippen LogP contribution in [0.2, 0.25) is 5.02 Å². The van der Waals surface area contributed by atoms with E-state index in [1.807, 2.05) is 26.0 Å². The molecule has 0 saturated carbocycles. The van der Waals surface area contributed by atoms with Crippen LogP contribution in [0, 0.1) is 6.92 Å². The number of hydrogen-bond acceptors (Lipinski definition) is 3. The summed E-state index contributed by atoms with van der Waals surface area (Å²) in [5.74, 6) is 0.658. The van der Waals surface area contributed by atoms with Crippen LogP contribution in [0.4, 0.5) is 0 Å². The molecule has 1 rings (SSSR count). The van der Waals surface area contributed by atoms with E-state index in [0.29, 0.717) is 23.6 Å². The normalized spacial score (nSPS) is 14.5. The number of aliphatic hydroxyl groups is 1. The summed E-state index contributed by atoms with van der Waals surface area (Å²) in [7, 11) is 1.59. The Morgan fingerprint density at radius 3 is 2.65 bits per heavy atom. The summed E-state index contributed by atoms with van der Waals surface area (Å²) in [6.45, 7) is 4.09. The van der Waals surface area contributed by atoms with Crippen molar-refractivity contribution in [1.82, 2.24) is 0 Å². The molecule has 0 radical (unpaired) electrons. The van der Waals surface area contributed by atoms with Crippen molar-refractivity contribution in [3.8, 4) is 5.75 Å². The van der Waals surface area contributed by atoms with Gasteiger partial charge in [0.25, 0.3) is 0 Å². The minimum absolute atomic E-state index is 0.149. The van der Waals surface area contributed by atoms with E-state index in [2.05, 4.69) is 0 Å². The third-order valence-electron chi connectivity index (χ3n) is 2.97. The highest BCUT2D eigenvalue weighted by atomic mass is 35.5. The maximum atomic E-state index is 8.88. The van der Waals surface area contributed by atoms with Crippen molar-refractivity contribution >= 4 is 11.6 Å². The third kappa shape index (κ3) is 3.35. The van der Waals surface area contributed by atoms with Crippen LogP contribution in [0.15, 0.2) is 12.1 Å². The Kier molecular flexibility index (Phi) is 4.80. The molecule has 0 spiro atoms. The van der Waals surface area contributed by atoms with Gasteiger partial charge in [-0.1, -0.05) is 11.6 Å². The summed E-state index contributed by atoms with van der Waals surface area (Å²) >= 11 is 6.11. The van der Waals surface area contributed by atoms with Crippen molar-refractivity contribution in [2.24, 2.45) is 5.73 Å². The average molecular weight is 258 g/mol. The summed E-state index contributed by atoms with van der Waals surface area (Å²) in [4.78, 5) is 0. The second-order valence-electron chi connectivity index (χ2n) is 4.55. The van der Waals surface area contributed by atoms with E-state index >= 15 is 0 Å². The molecule has 0 aliphatic carbocycles. The van der Waals surface area contributed by atoms with Crippen LogP contribution >= 0.6 is 11.6 Å². The van der Waals surface area contributed by atoms with Crippen molar-refractivity contribution < 1.29 is 9.84 Å². The Hall–Kier alpha value is -0.770. The molecule has 0 amide bonds. The summed E-state index contributed by atoms with van der Waals surface area (Å²) in [6, 6.07) is 3.74. The van der Waals surface area contributed by atoms with E-state index in [1.165, 1.54) is 0 Å². The highest BCUT2D eigenvalue weighted by molar-refractivity contribution is 6.32. The number of rotatable bonds is 5. The zero-order valence-corrected chi connectivity index (χ0v) is 11.3. The van der Waals surface area contributed by atoms with Crippen molar-refractivity contribution in [3.05, 3.63) is 28.3 Å². The van der Waals surface area contributed by atoms with E-state index < -0.39 is 5.54 Å². The predicted octanol–water partition coefficient (Wildman–Crippen LogP) is 2.60. The van der Waals surface area contributed by atoms with E-state index in [1.54, 1.807) is 7.11 Å². The quantitative estimate of drug-likeness (QED) is 0.853. The molecule has 0 bridgehead atoms. The summed E-state index contributed by atoms with van der Waals surface area (Å²) in [5, 5.41) is 9.44. The van der Waals surface area contributed by atoms with Crippen molar-refractivity contribution in [3.63, 3.8) is 0 Å². The first-order valence-electron chi connectivity index (χ1n) is 5.66. The molecule has 3 nitrogen and oxygen atoms in total. The van der Waals surface area contributed by atoms with Gasteiger partial charge in [0.2, 0.25) is 0 Å². The molecule has 96 valence electrons. The SMILES string of the molecule is COc1cc(C)c(C(C)(N)CCCO)cc1Cl. The van der Waals surface area contributed by atoms with Crippen molar-refractivity contribution in [2.75, 3.05) is 13.7 Å². The lowest BCUT2D eigenvalue weighted by atomic mass is 9.85. The number of aryl methyl sites for hydroxylation is 1. The van der Waals surface area contributed by atoms with Crippen LogP contribution in [-0.2, 0) is 5.54 Å². The van der Waals surface area contributed by atoms with E-state index in [-0.39, 0.29) is 6.61 Å². The lowest BCUT2D eigenvalue weighted by molar-refractivity contribution is 0.265. The van der Waals surface area contributed by atoms with Crippen molar-refractivity contribution in [1.29, 1.82) is 0 Å². The molecule has 1 aromatic carbocycles. The third-order valence-corrected chi connectivity index (χ3v) is 3.26. The lowest BCUT2D eigenvalue weighted by Gasteiger charge is -2.27. The number of aliphatic hydroxyl groups excluding tert-OH is 1. The summed E-state index contributed by atoms with van der Waals surface area (Å²) < 4.78 is 5.16. The highest BCUT2D eigenvalue weighted by Gasteiger charge is 2.23. The largest absolute Gasteiger partial charge is 0.495 e. The molecule has 0 aliphatic heterocycles. The average Bonchev–Trinajstić information content (AvgIpc) is 2.28. The molecule has 17 heavy (non-hydrogen) atoms. The molecule has 0 heterocycles. The number of nitrogens with two attached hydrogens (primary N) is 1. The van der Waals surface area contributed by atoms with Crippen LogP contribution in [0.25, 0.3) is 0 Å². The number of ether oxygens (including phenoxy) is 1. The predicted molar refractivity (Wildman–Crippen MR) is 70.6 cm³/mol. The molecule has 0 fully saturated rings. The van der Waals surface area contributed by atoms with Gasteiger partial charge in [0.1, 0.15) is 5.75 Å². The van der Waals surface area contributed by atoms with E-state index in [4.69, 9.17) is 27.2 Å². The highest BCUT2D eigenvalue weighted by Crippen LogP contribution is 2.34. The fourth-order valence-electron chi connectivity index (χ4n) is 2.01. The molecular weight excluding hydrogens is 238 g/mol. The molecule has 0 saturated heterocycles. The minimum atomic E-state index is -0.483. The van der Waals surface area contributed by atoms with Gasteiger partial charge in [0.05, 0.1) is 12.1 Å². The second-order valence-corrected chi connectivity index (χ2v) is 4.95. The molecular formula is C13H20ClNO2. The maximum Gasteiger partial charge on any atom is 0.137 e. The van der Waals surface area contributed by atoms with Gasteiger partial charge in [0, 0.05) is 12.1 Å². The number of halogens is 1. The topological polar surface area (TPSA) is 55.5 Å². The first-order valence-corrected chi connectivity index (χ1v) is 6.04. The van der Waals surface area contributed by atoms with E-state index in [0.717, 1.165) is 11.1 Å². The molecule has 4 heteroatoms. The van der Waals surface area contributed by atoms with Gasteiger partial charge in [0.15, 0.2) is 0 Å². The van der Waals surface area contributed by atoms with Crippen LogP contribution in [0.1, 0.15) is 30.9 Å². The minimum Gasteiger partial charge on any atom is -0.495 e. The fraction of sp³-hybridized carbons (Fsp3) is 0.538. The Balaban J connectivity index is 3.09. The van der Waals surface area contributed by atoms with Crippen LogP contribution < -0.4 is 10.5 Å². The van der Waals surface area contributed by atoms with Crippen LogP contribution in [0.3, 0.4) is 0 Å². The van der Waals surface area contributed by atoms with Gasteiger partial charge in [-0.3, -0.25) is 0 Å². The smallest absolute Gasteiger partial charge is 0.137 e. The zero-order chi connectivity index (χ0) is 13.1. The Morgan fingerprint density at radius 2 is 2.12 bits per heavy atom. The molecule has 1 aromatic rings. The first kappa shape index (κ1) is 14.3. The maximum absolute atomic E-state index is 8.88. The molecule has 0 aliphatic rings. The molecule has 1 unspecified atom stereocenters. The summed E-state index contributed by atoms with van der Waals surface area (Å²) in [6.07, 6.45) is 1.39. The van der Waals surface area contributed by atoms with Crippen LogP contribution in [0.5, 0.6) is 5.75 Å².